The first-order valence-corrected chi connectivity index (χ1v) is 5.37. The quantitative estimate of drug-likeness (QED) is 0.737. The van der Waals surface area contributed by atoms with Crippen molar-refractivity contribution in [2.75, 3.05) is 0 Å². The first-order valence-electron chi connectivity index (χ1n) is 4.92. The predicted molar refractivity (Wildman–Crippen MR) is 63.1 cm³/mol. The SMILES string of the molecule is Cn1ccc(S)c1-c1ccccc1C(F)(F)F. The lowest BCUT2D eigenvalue weighted by Crippen LogP contribution is -2.08. The molecule has 0 saturated carbocycles. The summed E-state index contributed by atoms with van der Waals surface area (Å²) in [6.07, 6.45) is -2.67. The minimum absolute atomic E-state index is 0.150. The number of aryl methyl sites for hydroxylation is 1. The molecule has 2 rings (SSSR count). The van der Waals surface area contributed by atoms with Gasteiger partial charge in [0.05, 0.1) is 11.3 Å². The monoisotopic (exact) mass is 257 g/mol. The van der Waals surface area contributed by atoms with Crippen molar-refractivity contribution in [3.63, 3.8) is 0 Å². The molecule has 0 radical (unpaired) electrons. The van der Waals surface area contributed by atoms with Crippen LogP contribution in [-0.4, -0.2) is 4.57 Å². The number of thiol groups is 1. The molecule has 90 valence electrons. The van der Waals surface area contributed by atoms with Gasteiger partial charge in [-0.05, 0) is 12.1 Å². The van der Waals surface area contributed by atoms with E-state index in [0.29, 0.717) is 10.6 Å². The van der Waals surface area contributed by atoms with Crippen LogP contribution in [-0.2, 0) is 13.2 Å². The van der Waals surface area contributed by atoms with Gasteiger partial charge in [-0.15, -0.1) is 12.6 Å². The van der Waals surface area contributed by atoms with E-state index in [-0.39, 0.29) is 5.56 Å². The molecule has 0 fully saturated rings. The van der Waals surface area contributed by atoms with Crippen molar-refractivity contribution in [2.24, 2.45) is 7.05 Å². The minimum Gasteiger partial charge on any atom is -0.350 e. The normalized spacial score (nSPS) is 11.8. The second kappa shape index (κ2) is 4.14. The van der Waals surface area contributed by atoms with Gasteiger partial charge in [0.1, 0.15) is 0 Å². The van der Waals surface area contributed by atoms with E-state index < -0.39 is 11.7 Å². The Labute approximate surface area is 102 Å². The molecular weight excluding hydrogens is 247 g/mol. The van der Waals surface area contributed by atoms with Gasteiger partial charge >= 0.3 is 6.18 Å². The maximum atomic E-state index is 12.9. The Morgan fingerprint density at radius 3 is 2.29 bits per heavy atom. The molecule has 5 heteroatoms. The van der Waals surface area contributed by atoms with E-state index in [2.05, 4.69) is 12.6 Å². The molecule has 1 aromatic heterocycles. The first-order chi connectivity index (χ1) is 7.91. The Morgan fingerprint density at radius 2 is 1.76 bits per heavy atom. The number of hydrogen-bond acceptors (Lipinski definition) is 1. The zero-order valence-corrected chi connectivity index (χ0v) is 9.89. The van der Waals surface area contributed by atoms with Crippen LogP contribution in [0.15, 0.2) is 41.4 Å². The summed E-state index contributed by atoms with van der Waals surface area (Å²) in [5, 5.41) is 0. The molecule has 0 aliphatic heterocycles. The van der Waals surface area contributed by atoms with Gasteiger partial charge in [-0.3, -0.25) is 0 Å². The van der Waals surface area contributed by atoms with Gasteiger partial charge in [0, 0.05) is 23.7 Å². The largest absolute Gasteiger partial charge is 0.417 e. The fourth-order valence-electron chi connectivity index (χ4n) is 1.78. The molecule has 0 amide bonds. The Balaban J connectivity index is 2.69. The van der Waals surface area contributed by atoms with Gasteiger partial charge in [0.2, 0.25) is 0 Å². The molecular formula is C12H10F3NS. The van der Waals surface area contributed by atoms with Crippen molar-refractivity contribution < 1.29 is 13.2 Å². The fourth-order valence-corrected chi connectivity index (χ4v) is 2.13. The highest BCUT2D eigenvalue weighted by atomic mass is 32.1. The summed E-state index contributed by atoms with van der Waals surface area (Å²) in [5.74, 6) is 0. The highest BCUT2D eigenvalue weighted by molar-refractivity contribution is 7.80. The standard InChI is InChI=1S/C12H10F3NS/c1-16-7-6-10(17)11(16)8-4-2-3-5-9(8)12(13,14)15/h2-7,17H,1H3. The molecule has 1 heterocycles. The van der Waals surface area contributed by atoms with Crippen molar-refractivity contribution >= 4 is 12.6 Å². The molecule has 0 N–H and O–H groups in total. The van der Waals surface area contributed by atoms with Crippen LogP contribution in [0.4, 0.5) is 13.2 Å². The van der Waals surface area contributed by atoms with Crippen molar-refractivity contribution in [3.8, 4) is 11.3 Å². The highest BCUT2D eigenvalue weighted by Gasteiger charge is 2.34. The first kappa shape index (κ1) is 12.1. The van der Waals surface area contributed by atoms with Crippen LogP contribution in [0.3, 0.4) is 0 Å². The summed E-state index contributed by atoms with van der Waals surface area (Å²) in [6.45, 7) is 0. The topological polar surface area (TPSA) is 4.93 Å². The van der Waals surface area contributed by atoms with Crippen molar-refractivity contribution in [1.82, 2.24) is 4.57 Å². The average Bonchev–Trinajstić information content (AvgIpc) is 2.57. The third-order valence-corrected chi connectivity index (χ3v) is 2.90. The van der Waals surface area contributed by atoms with Crippen molar-refractivity contribution in [3.05, 3.63) is 42.1 Å². The molecule has 0 bridgehead atoms. The summed E-state index contributed by atoms with van der Waals surface area (Å²) in [4.78, 5) is 0.532. The van der Waals surface area contributed by atoms with Crippen LogP contribution in [0.5, 0.6) is 0 Å². The number of rotatable bonds is 1. The lowest BCUT2D eigenvalue weighted by Gasteiger charge is -2.14. The number of halogens is 3. The fraction of sp³-hybridized carbons (Fsp3) is 0.167. The van der Waals surface area contributed by atoms with E-state index >= 15 is 0 Å². The van der Waals surface area contributed by atoms with E-state index in [1.165, 1.54) is 12.1 Å². The highest BCUT2D eigenvalue weighted by Crippen LogP contribution is 2.38. The van der Waals surface area contributed by atoms with Gasteiger partial charge < -0.3 is 4.57 Å². The maximum Gasteiger partial charge on any atom is 0.417 e. The van der Waals surface area contributed by atoms with Crippen LogP contribution in [0.25, 0.3) is 11.3 Å². The predicted octanol–water partition coefficient (Wildman–Crippen LogP) is 4.00. The van der Waals surface area contributed by atoms with Crippen LogP contribution < -0.4 is 0 Å². The molecule has 1 nitrogen and oxygen atoms in total. The van der Waals surface area contributed by atoms with E-state index in [9.17, 15) is 13.2 Å². The summed E-state index contributed by atoms with van der Waals surface area (Å²) in [6, 6.07) is 7.18. The number of aromatic nitrogens is 1. The Kier molecular flexibility index (Phi) is 2.95. The summed E-state index contributed by atoms with van der Waals surface area (Å²) in [7, 11) is 1.70. The van der Waals surface area contributed by atoms with Crippen LogP contribution in [0.2, 0.25) is 0 Å². The lowest BCUT2D eigenvalue weighted by atomic mass is 10.0. The third-order valence-electron chi connectivity index (χ3n) is 2.54. The molecule has 0 aliphatic rings. The molecule has 0 atom stereocenters. The summed E-state index contributed by atoms with van der Waals surface area (Å²) in [5.41, 5.74) is -0.0177. The van der Waals surface area contributed by atoms with E-state index in [4.69, 9.17) is 0 Å². The number of nitrogens with zero attached hydrogens (tertiary/aromatic N) is 1. The average molecular weight is 257 g/mol. The van der Waals surface area contributed by atoms with Crippen LogP contribution >= 0.6 is 12.6 Å². The van der Waals surface area contributed by atoms with E-state index in [0.717, 1.165) is 6.07 Å². The van der Waals surface area contributed by atoms with Crippen molar-refractivity contribution in [1.29, 1.82) is 0 Å². The van der Waals surface area contributed by atoms with Gasteiger partial charge in [0.25, 0.3) is 0 Å². The number of benzene rings is 1. The Bertz CT molecular complexity index is 523. The maximum absolute atomic E-state index is 12.9. The number of alkyl halides is 3. The van der Waals surface area contributed by atoms with Gasteiger partial charge in [-0.25, -0.2) is 0 Å². The Hall–Kier alpha value is -1.36. The molecule has 0 aliphatic carbocycles. The zero-order valence-electron chi connectivity index (χ0n) is 8.99. The second-order valence-electron chi connectivity index (χ2n) is 3.70. The summed E-state index contributed by atoms with van der Waals surface area (Å²) < 4.78 is 40.2. The number of hydrogen-bond donors (Lipinski definition) is 1. The molecule has 17 heavy (non-hydrogen) atoms. The van der Waals surface area contributed by atoms with Crippen molar-refractivity contribution in [2.45, 2.75) is 11.1 Å². The summed E-state index contributed by atoms with van der Waals surface area (Å²) >= 11 is 4.18. The molecule has 0 spiro atoms. The van der Waals surface area contributed by atoms with Gasteiger partial charge in [0.15, 0.2) is 0 Å². The van der Waals surface area contributed by atoms with E-state index in [1.54, 1.807) is 29.9 Å². The lowest BCUT2D eigenvalue weighted by molar-refractivity contribution is -0.137. The zero-order chi connectivity index (χ0) is 12.6. The minimum atomic E-state index is -4.36. The molecule has 1 aromatic carbocycles. The van der Waals surface area contributed by atoms with Gasteiger partial charge in [-0.1, -0.05) is 18.2 Å². The van der Waals surface area contributed by atoms with E-state index in [1.807, 2.05) is 0 Å². The van der Waals surface area contributed by atoms with Crippen LogP contribution in [0.1, 0.15) is 5.56 Å². The molecule has 2 aromatic rings. The Morgan fingerprint density at radius 1 is 1.12 bits per heavy atom. The van der Waals surface area contributed by atoms with Crippen LogP contribution in [0, 0.1) is 0 Å². The molecule has 0 unspecified atom stereocenters. The third kappa shape index (κ3) is 2.20. The van der Waals surface area contributed by atoms with Gasteiger partial charge in [-0.2, -0.15) is 13.2 Å². The molecule has 0 saturated heterocycles. The second-order valence-corrected chi connectivity index (χ2v) is 4.19. The smallest absolute Gasteiger partial charge is 0.350 e.